The molecule has 9 heteroatoms. The zero-order chi connectivity index (χ0) is 26.9. The number of carbonyl (C=O) groups excluding carboxylic acids is 1. The van der Waals surface area contributed by atoms with Crippen LogP contribution in [0.15, 0.2) is 84.0 Å². The van der Waals surface area contributed by atoms with Crippen LogP contribution >= 0.6 is 23.2 Å². The fourth-order valence-electron chi connectivity index (χ4n) is 3.94. The lowest BCUT2D eigenvalue weighted by Crippen LogP contribution is -2.37. The highest BCUT2D eigenvalue weighted by Gasteiger charge is 2.10. The zero-order valence-corrected chi connectivity index (χ0v) is 21.9. The van der Waals surface area contributed by atoms with Crippen LogP contribution in [0.5, 0.6) is 11.5 Å². The predicted octanol–water partition coefficient (Wildman–Crippen LogP) is 5.19. The van der Waals surface area contributed by atoms with Gasteiger partial charge >= 0.3 is 0 Å². The first kappa shape index (κ1) is 27.4. The van der Waals surface area contributed by atoms with E-state index >= 15 is 0 Å². The minimum Gasteiger partial charge on any atom is -0.506 e. The van der Waals surface area contributed by atoms with Crippen molar-refractivity contribution in [2.75, 3.05) is 19.8 Å². The first-order valence-electron chi connectivity index (χ1n) is 12.0. The number of aliphatic hydroxyl groups excluding tert-OH is 1. The molecule has 0 aromatic heterocycles. The maximum Gasteiger partial charge on any atom is 0.271 e. The molecule has 4 rings (SSSR count). The Morgan fingerprint density at radius 2 is 1.76 bits per heavy atom. The Morgan fingerprint density at radius 3 is 2.50 bits per heavy atom. The fourth-order valence-corrected chi connectivity index (χ4v) is 4.24. The van der Waals surface area contributed by atoms with E-state index in [1.807, 2.05) is 60.7 Å². The van der Waals surface area contributed by atoms with E-state index < -0.39 is 5.91 Å². The van der Waals surface area contributed by atoms with Gasteiger partial charge in [-0.1, -0.05) is 59.6 Å². The van der Waals surface area contributed by atoms with Gasteiger partial charge in [-0.15, -0.1) is 0 Å². The summed E-state index contributed by atoms with van der Waals surface area (Å²) in [6.07, 6.45) is 2.25. The molecule has 1 unspecified atom stereocenters. The number of phenolic OH excluding ortho intramolecular Hbond substituents is 1. The van der Waals surface area contributed by atoms with Gasteiger partial charge in [0.15, 0.2) is 0 Å². The van der Waals surface area contributed by atoms with Crippen molar-refractivity contribution in [3.8, 4) is 11.5 Å². The van der Waals surface area contributed by atoms with Crippen LogP contribution in [0.25, 0.3) is 10.8 Å². The number of carbonyl (C=O) groups is 1. The normalized spacial score (nSPS) is 12.1. The number of hydrogen-bond acceptors (Lipinski definition) is 6. The molecule has 196 valence electrons. The van der Waals surface area contributed by atoms with Crippen LogP contribution in [0, 0.1) is 0 Å². The summed E-state index contributed by atoms with van der Waals surface area (Å²) >= 11 is 11.8. The molecular weight excluding hydrogens is 525 g/mol. The van der Waals surface area contributed by atoms with Crippen molar-refractivity contribution in [1.82, 2.24) is 10.7 Å². The first-order valence-corrected chi connectivity index (χ1v) is 12.8. The van der Waals surface area contributed by atoms with E-state index in [9.17, 15) is 15.0 Å². The van der Waals surface area contributed by atoms with Crippen LogP contribution in [0.1, 0.15) is 21.5 Å². The molecule has 0 saturated heterocycles. The summed E-state index contributed by atoms with van der Waals surface area (Å²) in [6.45, 7) is 0.985. The fraction of sp³-hybridized carbons (Fsp3) is 0.172. The van der Waals surface area contributed by atoms with Gasteiger partial charge in [0.25, 0.3) is 5.91 Å². The third-order valence-electron chi connectivity index (χ3n) is 5.91. The van der Waals surface area contributed by atoms with Gasteiger partial charge in [-0.3, -0.25) is 4.79 Å². The summed E-state index contributed by atoms with van der Waals surface area (Å²) < 4.78 is 6.05. The number of nitrogens with zero attached hydrogens (tertiary/aromatic N) is 1. The number of rotatable bonds is 11. The Labute approximate surface area is 230 Å². The third-order valence-corrected chi connectivity index (χ3v) is 6.46. The minimum absolute atomic E-state index is 0.00983. The van der Waals surface area contributed by atoms with Crippen LogP contribution in [0.2, 0.25) is 10.0 Å². The Balaban J connectivity index is 1.35. The molecule has 0 aliphatic heterocycles. The largest absolute Gasteiger partial charge is 0.506 e. The van der Waals surface area contributed by atoms with Crippen molar-refractivity contribution in [3.63, 3.8) is 0 Å². The lowest BCUT2D eigenvalue weighted by Gasteiger charge is -2.17. The average Bonchev–Trinajstić information content (AvgIpc) is 2.93. The van der Waals surface area contributed by atoms with E-state index in [4.69, 9.17) is 27.9 Å². The molecule has 4 aromatic rings. The second kappa shape index (κ2) is 13.3. The number of halogens is 2. The first-order chi connectivity index (χ1) is 18.4. The highest BCUT2D eigenvalue weighted by Crippen LogP contribution is 2.28. The number of hydrazone groups is 1. The number of ether oxygens (including phenoxy) is 1. The topological polar surface area (TPSA) is 103 Å². The second-order valence-electron chi connectivity index (χ2n) is 8.58. The summed E-state index contributed by atoms with van der Waals surface area (Å²) in [5.41, 5.74) is 4.65. The van der Waals surface area contributed by atoms with E-state index in [1.54, 1.807) is 6.21 Å². The van der Waals surface area contributed by atoms with E-state index in [2.05, 4.69) is 15.8 Å². The number of hydrogen-bond donors (Lipinski definition) is 4. The van der Waals surface area contributed by atoms with E-state index in [-0.39, 0.29) is 29.0 Å². The predicted molar refractivity (Wildman–Crippen MR) is 152 cm³/mol. The molecule has 7 nitrogen and oxygen atoms in total. The van der Waals surface area contributed by atoms with Gasteiger partial charge in [0.1, 0.15) is 18.1 Å². The molecule has 0 fully saturated rings. The standard InChI is InChI=1S/C29H27Cl2N3O4/c30-22-9-5-19(6-10-22)15-23(18-35)32-13-14-38-28-12-8-21(24-3-1-2-4-25(24)28)17-33-34-29(37)20-7-11-27(36)26(31)16-20/h1-12,16-17,23,32,35-36H,13-15,18H2,(H,34,37)/b33-17+. The SMILES string of the molecule is O=C(N/N=C/c1ccc(OCCNC(CO)Cc2ccc(Cl)cc2)c2ccccc12)c1ccc(O)c(Cl)c1. The molecule has 0 aliphatic rings. The molecule has 0 saturated carbocycles. The maximum atomic E-state index is 12.3. The van der Waals surface area contributed by atoms with Gasteiger partial charge in [0.2, 0.25) is 0 Å². The van der Waals surface area contributed by atoms with Crippen LogP contribution in [-0.2, 0) is 6.42 Å². The zero-order valence-electron chi connectivity index (χ0n) is 20.4. The smallest absolute Gasteiger partial charge is 0.271 e. The van der Waals surface area contributed by atoms with Gasteiger partial charge < -0.3 is 20.3 Å². The molecule has 4 aromatic carbocycles. The molecule has 0 radical (unpaired) electrons. The van der Waals surface area contributed by atoms with Crippen LogP contribution in [0.4, 0.5) is 0 Å². The lowest BCUT2D eigenvalue weighted by atomic mass is 10.0. The van der Waals surface area contributed by atoms with Crippen LogP contribution < -0.4 is 15.5 Å². The number of aliphatic hydroxyl groups is 1. The van der Waals surface area contributed by atoms with Crippen molar-refractivity contribution < 1.29 is 19.7 Å². The summed E-state index contributed by atoms with van der Waals surface area (Å²) in [7, 11) is 0. The third kappa shape index (κ3) is 7.24. The molecule has 1 amide bonds. The van der Waals surface area contributed by atoms with Crippen molar-refractivity contribution in [1.29, 1.82) is 0 Å². The highest BCUT2D eigenvalue weighted by molar-refractivity contribution is 6.32. The molecule has 38 heavy (non-hydrogen) atoms. The maximum absolute atomic E-state index is 12.3. The van der Waals surface area contributed by atoms with Gasteiger partial charge in [-0.05, 0) is 59.8 Å². The van der Waals surface area contributed by atoms with Crippen molar-refractivity contribution >= 4 is 46.1 Å². The second-order valence-corrected chi connectivity index (χ2v) is 9.42. The number of fused-ring (bicyclic) bond motifs is 1. The van der Waals surface area contributed by atoms with Crippen molar-refractivity contribution in [3.05, 3.63) is 106 Å². The summed E-state index contributed by atoms with van der Waals surface area (Å²) in [5, 5.41) is 29.3. The molecule has 0 heterocycles. The Morgan fingerprint density at radius 1 is 1.00 bits per heavy atom. The van der Waals surface area contributed by atoms with Gasteiger partial charge in [0.05, 0.1) is 17.8 Å². The molecule has 0 bridgehead atoms. The number of nitrogens with one attached hydrogen (secondary N) is 2. The van der Waals surface area contributed by atoms with Crippen molar-refractivity contribution in [2.45, 2.75) is 12.5 Å². The van der Waals surface area contributed by atoms with E-state index in [1.165, 1.54) is 18.2 Å². The molecule has 4 N–H and O–H groups in total. The van der Waals surface area contributed by atoms with E-state index in [0.717, 1.165) is 27.6 Å². The lowest BCUT2D eigenvalue weighted by molar-refractivity contribution is 0.0955. The molecule has 0 aliphatic carbocycles. The number of phenols is 1. The Bertz CT molecular complexity index is 1430. The quantitative estimate of drug-likeness (QED) is 0.117. The van der Waals surface area contributed by atoms with Gasteiger partial charge in [-0.2, -0.15) is 5.10 Å². The Hall–Kier alpha value is -3.62. The number of benzene rings is 4. The monoisotopic (exact) mass is 551 g/mol. The van der Waals surface area contributed by atoms with E-state index in [0.29, 0.717) is 24.6 Å². The van der Waals surface area contributed by atoms with Crippen LogP contribution in [0.3, 0.4) is 0 Å². The summed E-state index contributed by atoms with van der Waals surface area (Å²) in [4.78, 5) is 12.3. The number of aromatic hydroxyl groups is 1. The molecular formula is C29H27Cl2N3O4. The van der Waals surface area contributed by atoms with Gasteiger partial charge in [0, 0.05) is 34.1 Å². The Kier molecular flexibility index (Phi) is 9.56. The summed E-state index contributed by atoms with van der Waals surface area (Å²) in [6, 6.07) is 23.2. The van der Waals surface area contributed by atoms with Crippen molar-refractivity contribution in [2.24, 2.45) is 5.10 Å². The molecule has 0 spiro atoms. The summed E-state index contributed by atoms with van der Waals surface area (Å²) in [5.74, 6) is 0.181. The average molecular weight is 552 g/mol. The molecule has 1 atom stereocenters. The minimum atomic E-state index is -0.447. The number of amides is 1. The van der Waals surface area contributed by atoms with Crippen LogP contribution in [-0.4, -0.2) is 48.1 Å². The highest BCUT2D eigenvalue weighted by atomic mass is 35.5. The van der Waals surface area contributed by atoms with Gasteiger partial charge in [-0.25, -0.2) is 5.43 Å².